The van der Waals surface area contributed by atoms with Crippen molar-refractivity contribution in [3.8, 4) is 0 Å². The monoisotopic (exact) mass is 541 g/mol. The van der Waals surface area contributed by atoms with Crippen LogP contribution in [0, 0.1) is 5.41 Å². The van der Waals surface area contributed by atoms with Crippen molar-refractivity contribution in [2.45, 2.75) is 45.8 Å². The van der Waals surface area contributed by atoms with Crippen molar-refractivity contribution >= 4 is 22.1 Å². The number of rotatable bonds is 6. The lowest BCUT2D eigenvalue weighted by atomic mass is 9.82. The Balaban J connectivity index is 1.06. The fourth-order valence-corrected chi connectivity index (χ4v) is 6.40. The summed E-state index contributed by atoms with van der Waals surface area (Å²) in [6, 6.07) is 6.87. The Bertz CT molecular complexity index is 1570. The minimum absolute atomic E-state index is 0.0251. The maximum atomic E-state index is 13.5. The molecule has 0 atom stereocenters. The largest absolute Gasteiger partial charge is 0.379 e. The van der Waals surface area contributed by atoms with Crippen LogP contribution < -0.4 is 10.5 Å². The summed E-state index contributed by atoms with van der Waals surface area (Å²) < 4.78 is 9.35. The molecule has 3 saturated heterocycles. The Morgan fingerprint density at radius 1 is 0.950 bits per heavy atom. The molecule has 0 aliphatic carbocycles. The highest BCUT2D eigenvalue weighted by atomic mass is 16.5. The van der Waals surface area contributed by atoms with Gasteiger partial charge in [-0.05, 0) is 49.0 Å². The summed E-state index contributed by atoms with van der Waals surface area (Å²) in [5, 5.41) is 1.63. The molecule has 0 unspecified atom stereocenters. The van der Waals surface area contributed by atoms with Crippen LogP contribution in [0.4, 0.5) is 5.69 Å². The number of likely N-dealkylation sites (tertiary alicyclic amines) is 1. The number of anilines is 1. The van der Waals surface area contributed by atoms with E-state index in [9.17, 15) is 4.79 Å². The Morgan fingerprint density at radius 3 is 2.55 bits per heavy atom. The second-order valence-corrected chi connectivity index (χ2v) is 12.6. The molecule has 0 amide bonds. The van der Waals surface area contributed by atoms with Crippen molar-refractivity contribution < 1.29 is 4.74 Å². The van der Waals surface area contributed by atoms with Gasteiger partial charge in [-0.25, -0.2) is 4.98 Å². The van der Waals surface area contributed by atoms with Gasteiger partial charge in [-0.1, -0.05) is 19.9 Å². The highest BCUT2D eigenvalue weighted by Crippen LogP contribution is 2.31. The topological polar surface area (TPSA) is 71.1 Å². The molecule has 3 aliphatic rings. The van der Waals surface area contributed by atoms with Crippen LogP contribution >= 0.6 is 0 Å². The molecule has 4 aromatic heterocycles. The predicted molar refractivity (Wildman–Crippen MR) is 157 cm³/mol. The van der Waals surface area contributed by atoms with Gasteiger partial charge in [0, 0.05) is 68.9 Å². The molecular formula is C31H39N7O2. The van der Waals surface area contributed by atoms with Gasteiger partial charge in [0.25, 0.3) is 5.56 Å². The van der Waals surface area contributed by atoms with Gasteiger partial charge in [-0.3, -0.25) is 19.6 Å². The first-order valence-corrected chi connectivity index (χ1v) is 14.6. The lowest BCUT2D eigenvalue weighted by molar-refractivity contribution is 0.0106. The molecule has 9 nitrogen and oxygen atoms in total. The lowest BCUT2D eigenvalue weighted by Gasteiger charge is -2.47. The summed E-state index contributed by atoms with van der Waals surface area (Å²) in [6.45, 7) is 14.0. The Labute approximate surface area is 235 Å². The molecular weight excluding hydrogens is 502 g/mol. The molecule has 4 aromatic rings. The maximum Gasteiger partial charge on any atom is 0.260 e. The fraction of sp³-hybridized carbons (Fsp3) is 0.516. The van der Waals surface area contributed by atoms with Gasteiger partial charge in [0.15, 0.2) is 0 Å². The minimum Gasteiger partial charge on any atom is -0.379 e. The molecule has 40 heavy (non-hydrogen) atoms. The van der Waals surface area contributed by atoms with Crippen LogP contribution in [0.5, 0.6) is 0 Å². The standard InChI is InChI=1S/C31H39N7O2/c1-31(2)6-9-34(10-7-31)17-23-3-4-29-33-24(20-38(29)18-23)19-36-8-5-26-27(30(36)39)15-32-16-28(26)37-21-25(22-37)35-11-13-40-14-12-35/h3-5,8,15-16,18,20,25H,6-7,9-14,17,19,21-22H2,1-2H3. The zero-order valence-corrected chi connectivity index (χ0v) is 23.6. The maximum absolute atomic E-state index is 13.5. The summed E-state index contributed by atoms with van der Waals surface area (Å²) in [6.07, 6.45) is 12.2. The number of hydrogen-bond donors (Lipinski definition) is 0. The third-order valence-corrected chi connectivity index (χ3v) is 9.15. The molecule has 0 saturated carbocycles. The summed E-state index contributed by atoms with van der Waals surface area (Å²) in [5.74, 6) is 0. The SMILES string of the molecule is CC1(C)CCN(Cc2ccc3nc(Cn4ccc5c(N6CC(N7CCOCC7)C6)cncc5c4=O)cn3c2)CC1. The van der Waals surface area contributed by atoms with Crippen LogP contribution in [0.15, 0.2) is 54.0 Å². The van der Waals surface area contributed by atoms with Crippen LogP contribution in [-0.4, -0.2) is 87.3 Å². The first-order valence-electron chi connectivity index (χ1n) is 14.6. The fourth-order valence-electron chi connectivity index (χ4n) is 6.40. The van der Waals surface area contributed by atoms with Gasteiger partial charge in [0.05, 0.1) is 42.7 Å². The van der Waals surface area contributed by atoms with E-state index in [1.807, 2.05) is 12.4 Å². The quantitative estimate of drug-likeness (QED) is 0.371. The average molecular weight is 542 g/mol. The van der Waals surface area contributed by atoms with Gasteiger partial charge in [0.2, 0.25) is 0 Å². The van der Waals surface area contributed by atoms with E-state index in [-0.39, 0.29) is 5.56 Å². The Kier molecular flexibility index (Phi) is 6.60. The molecule has 7 heterocycles. The van der Waals surface area contributed by atoms with Crippen LogP contribution in [0.3, 0.4) is 0 Å². The lowest BCUT2D eigenvalue weighted by Crippen LogP contribution is -2.61. The predicted octanol–water partition coefficient (Wildman–Crippen LogP) is 3.24. The summed E-state index contributed by atoms with van der Waals surface area (Å²) in [5.41, 5.74) is 4.55. The van der Waals surface area contributed by atoms with Crippen molar-refractivity contribution in [3.05, 3.63) is 70.8 Å². The third kappa shape index (κ3) is 5.02. The second kappa shape index (κ2) is 10.3. The van der Waals surface area contributed by atoms with Gasteiger partial charge >= 0.3 is 0 Å². The number of ether oxygens (including phenoxy) is 1. The molecule has 0 radical (unpaired) electrons. The van der Waals surface area contributed by atoms with Crippen LogP contribution in [0.1, 0.15) is 37.9 Å². The Hall–Kier alpha value is -3.27. The molecule has 0 aromatic carbocycles. The second-order valence-electron chi connectivity index (χ2n) is 12.6. The van der Waals surface area contributed by atoms with Crippen LogP contribution in [-0.2, 0) is 17.8 Å². The van der Waals surface area contributed by atoms with E-state index in [1.165, 1.54) is 18.4 Å². The molecule has 9 heteroatoms. The molecule has 7 rings (SSSR count). The third-order valence-electron chi connectivity index (χ3n) is 9.15. The van der Waals surface area contributed by atoms with E-state index in [0.29, 0.717) is 23.4 Å². The number of morpholine rings is 1. The highest BCUT2D eigenvalue weighted by molar-refractivity contribution is 5.93. The van der Waals surface area contributed by atoms with E-state index >= 15 is 0 Å². The van der Waals surface area contributed by atoms with E-state index in [0.717, 1.165) is 81.4 Å². The summed E-state index contributed by atoms with van der Waals surface area (Å²) in [7, 11) is 0. The minimum atomic E-state index is -0.0251. The van der Waals surface area contributed by atoms with Crippen molar-refractivity contribution in [2.24, 2.45) is 5.41 Å². The van der Waals surface area contributed by atoms with E-state index < -0.39 is 0 Å². The average Bonchev–Trinajstić information content (AvgIpc) is 3.33. The molecule has 0 spiro atoms. The summed E-state index contributed by atoms with van der Waals surface area (Å²) >= 11 is 0. The van der Waals surface area contributed by atoms with Gasteiger partial charge in [-0.15, -0.1) is 0 Å². The zero-order chi connectivity index (χ0) is 27.3. The highest BCUT2D eigenvalue weighted by Gasteiger charge is 2.33. The first-order chi connectivity index (χ1) is 19.4. The van der Waals surface area contributed by atoms with Crippen LogP contribution in [0.2, 0.25) is 0 Å². The molecule has 3 fully saturated rings. The van der Waals surface area contributed by atoms with Gasteiger partial charge < -0.3 is 18.6 Å². The number of pyridine rings is 3. The van der Waals surface area contributed by atoms with Crippen molar-refractivity contribution in [1.82, 2.24) is 28.7 Å². The van der Waals surface area contributed by atoms with Crippen molar-refractivity contribution in [1.29, 1.82) is 0 Å². The van der Waals surface area contributed by atoms with Crippen molar-refractivity contribution in [2.75, 3.05) is 57.4 Å². The number of aromatic nitrogens is 4. The zero-order valence-electron chi connectivity index (χ0n) is 23.6. The van der Waals surface area contributed by atoms with Gasteiger partial charge in [-0.2, -0.15) is 0 Å². The molecule has 0 N–H and O–H groups in total. The molecule has 0 bridgehead atoms. The van der Waals surface area contributed by atoms with Crippen LogP contribution in [0.25, 0.3) is 16.4 Å². The molecule has 210 valence electrons. The number of nitrogens with zero attached hydrogens (tertiary/aromatic N) is 7. The summed E-state index contributed by atoms with van der Waals surface area (Å²) in [4.78, 5) is 30.2. The number of piperidine rings is 1. The Morgan fingerprint density at radius 2 is 1.75 bits per heavy atom. The smallest absolute Gasteiger partial charge is 0.260 e. The normalized spacial score (nSPS) is 20.8. The van der Waals surface area contributed by atoms with E-state index in [1.54, 1.807) is 10.8 Å². The molecule has 3 aliphatic heterocycles. The number of fused-ring (bicyclic) bond motifs is 2. The number of hydrogen-bond acceptors (Lipinski definition) is 7. The van der Waals surface area contributed by atoms with Gasteiger partial charge in [0.1, 0.15) is 5.65 Å². The first kappa shape index (κ1) is 25.7. The van der Waals surface area contributed by atoms with E-state index in [2.05, 4.69) is 68.5 Å². The van der Waals surface area contributed by atoms with E-state index in [4.69, 9.17) is 9.72 Å². The van der Waals surface area contributed by atoms with Crippen molar-refractivity contribution in [3.63, 3.8) is 0 Å². The number of imidazole rings is 1.